The topological polar surface area (TPSA) is 105 Å². The smallest absolute Gasteiger partial charge is 0.251 e. The van der Waals surface area contributed by atoms with Crippen LogP contribution >= 0.6 is 0 Å². The third-order valence-corrected chi connectivity index (χ3v) is 7.61. The molecule has 4 rings (SSSR count). The molecule has 1 aliphatic carbocycles. The van der Waals surface area contributed by atoms with Crippen molar-refractivity contribution in [2.45, 2.75) is 30.7 Å². The zero-order valence-electron chi connectivity index (χ0n) is 17.9. The van der Waals surface area contributed by atoms with E-state index in [1.807, 2.05) is 31.2 Å². The van der Waals surface area contributed by atoms with Gasteiger partial charge in [-0.25, -0.2) is 8.42 Å². The summed E-state index contributed by atoms with van der Waals surface area (Å²) in [5.41, 5.74) is 2.02. The van der Waals surface area contributed by atoms with Crippen LogP contribution in [0.25, 0.3) is 0 Å². The fraction of sp³-hybridized carbons (Fsp3) is 0.391. The highest BCUT2D eigenvalue weighted by molar-refractivity contribution is 7.89. The molecule has 0 radical (unpaired) electrons. The number of benzene rings is 2. The lowest BCUT2D eigenvalue weighted by Gasteiger charge is -2.26. The van der Waals surface area contributed by atoms with Gasteiger partial charge in [-0.15, -0.1) is 0 Å². The number of anilines is 1. The van der Waals surface area contributed by atoms with Gasteiger partial charge < -0.3 is 15.4 Å². The van der Waals surface area contributed by atoms with Crippen LogP contribution in [0.1, 0.15) is 41.7 Å². The third-order valence-electron chi connectivity index (χ3n) is 5.70. The second-order valence-corrected chi connectivity index (χ2v) is 10.1. The van der Waals surface area contributed by atoms with E-state index in [-0.39, 0.29) is 28.7 Å². The molecular weight excluding hydrogens is 430 g/mol. The Bertz CT molecular complexity index is 1070. The first-order valence-electron chi connectivity index (χ1n) is 10.7. The molecule has 2 aliphatic rings. The molecule has 1 aliphatic heterocycles. The number of nitrogens with zero attached hydrogens (tertiary/aromatic N) is 1. The summed E-state index contributed by atoms with van der Waals surface area (Å²) < 4.78 is 32.0. The van der Waals surface area contributed by atoms with Crippen molar-refractivity contribution in [1.82, 2.24) is 9.62 Å². The Hall–Kier alpha value is -2.75. The zero-order valence-corrected chi connectivity index (χ0v) is 18.7. The number of nitrogens with one attached hydrogen (secondary N) is 2. The van der Waals surface area contributed by atoms with E-state index in [0.29, 0.717) is 31.9 Å². The van der Waals surface area contributed by atoms with E-state index in [2.05, 4.69) is 10.6 Å². The standard InChI is InChI=1S/C23H27N3O5S/c1-16(17-4-8-20(9-5-17)25-23(28)18-2-3-18)24-22(27)19-6-10-21(11-7-19)32(29,30)26-12-14-31-15-13-26/h4-11,16,18H,2-3,12-15H2,1H3,(H,24,27)(H,25,28). The first-order valence-corrected chi connectivity index (χ1v) is 12.2. The molecule has 1 heterocycles. The van der Waals surface area contributed by atoms with Crippen molar-refractivity contribution in [3.63, 3.8) is 0 Å². The first kappa shape index (κ1) is 22.4. The number of carbonyl (C=O) groups excluding carboxylic acids is 2. The van der Waals surface area contributed by atoms with E-state index in [0.717, 1.165) is 24.1 Å². The summed E-state index contributed by atoms with van der Waals surface area (Å²) in [7, 11) is -3.59. The molecule has 32 heavy (non-hydrogen) atoms. The molecule has 0 spiro atoms. The third kappa shape index (κ3) is 5.17. The molecule has 1 saturated carbocycles. The summed E-state index contributed by atoms with van der Waals surface area (Å²) in [6.45, 7) is 3.28. The van der Waals surface area contributed by atoms with Gasteiger partial charge in [0.25, 0.3) is 5.91 Å². The van der Waals surface area contributed by atoms with Crippen LogP contribution in [0.3, 0.4) is 0 Å². The molecular formula is C23H27N3O5S. The van der Waals surface area contributed by atoms with Crippen LogP contribution in [0, 0.1) is 5.92 Å². The maximum atomic E-state index is 12.7. The number of hydrogen-bond acceptors (Lipinski definition) is 5. The average Bonchev–Trinajstić information content (AvgIpc) is 3.66. The lowest BCUT2D eigenvalue weighted by molar-refractivity contribution is -0.117. The van der Waals surface area contributed by atoms with Crippen molar-refractivity contribution >= 4 is 27.5 Å². The van der Waals surface area contributed by atoms with Gasteiger partial charge in [0.1, 0.15) is 0 Å². The van der Waals surface area contributed by atoms with E-state index in [9.17, 15) is 18.0 Å². The van der Waals surface area contributed by atoms with Gasteiger partial charge in [-0.3, -0.25) is 9.59 Å². The Morgan fingerprint density at radius 1 is 1.00 bits per heavy atom. The molecule has 2 aromatic rings. The number of hydrogen-bond donors (Lipinski definition) is 2. The monoisotopic (exact) mass is 457 g/mol. The predicted molar refractivity (Wildman–Crippen MR) is 120 cm³/mol. The molecule has 0 aromatic heterocycles. The predicted octanol–water partition coefficient (Wildman–Crippen LogP) is 2.55. The number of ether oxygens (including phenoxy) is 1. The highest BCUT2D eigenvalue weighted by Gasteiger charge is 2.29. The van der Waals surface area contributed by atoms with Crippen LogP contribution < -0.4 is 10.6 Å². The van der Waals surface area contributed by atoms with Crippen LogP contribution in [-0.4, -0.2) is 50.8 Å². The Kier molecular flexibility index (Phi) is 6.59. The van der Waals surface area contributed by atoms with Crippen molar-refractivity contribution in [3.8, 4) is 0 Å². The molecule has 2 aromatic carbocycles. The quantitative estimate of drug-likeness (QED) is 0.665. The van der Waals surface area contributed by atoms with E-state index in [4.69, 9.17) is 4.74 Å². The van der Waals surface area contributed by atoms with Crippen LogP contribution in [0.4, 0.5) is 5.69 Å². The van der Waals surface area contributed by atoms with Gasteiger partial charge in [0.05, 0.1) is 24.2 Å². The molecule has 1 unspecified atom stereocenters. The largest absolute Gasteiger partial charge is 0.379 e. The normalized spacial score (nSPS) is 18.0. The van der Waals surface area contributed by atoms with Crippen LogP contribution in [0.2, 0.25) is 0 Å². The highest BCUT2D eigenvalue weighted by Crippen LogP contribution is 2.30. The summed E-state index contributed by atoms with van der Waals surface area (Å²) in [6, 6.07) is 13.1. The second kappa shape index (κ2) is 9.40. The molecule has 1 atom stereocenters. The highest BCUT2D eigenvalue weighted by atomic mass is 32.2. The van der Waals surface area contributed by atoms with Crippen molar-refractivity contribution < 1.29 is 22.7 Å². The number of carbonyl (C=O) groups is 2. The summed E-state index contributed by atoms with van der Waals surface area (Å²) in [6.07, 6.45) is 1.90. The van der Waals surface area contributed by atoms with E-state index in [1.165, 1.54) is 28.6 Å². The molecule has 2 amide bonds. The molecule has 2 fully saturated rings. The second-order valence-electron chi connectivity index (χ2n) is 8.12. The Balaban J connectivity index is 1.36. The summed E-state index contributed by atoms with van der Waals surface area (Å²) >= 11 is 0. The summed E-state index contributed by atoms with van der Waals surface area (Å²) in [5.74, 6) is -0.0970. The maximum absolute atomic E-state index is 12.7. The number of amides is 2. The molecule has 170 valence electrons. The van der Waals surface area contributed by atoms with Crippen molar-refractivity contribution in [1.29, 1.82) is 0 Å². The minimum absolute atomic E-state index is 0.0539. The van der Waals surface area contributed by atoms with Crippen molar-refractivity contribution in [2.75, 3.05) is 31.6 Å². The summed E-state index contributed by atoms with van der Waals surface area (Å²) in [4.78, 5) is 24.7. The molecule has 1 saturated heterocycles. The van der Waals surface area contributed by atoms with Gasteiger partial charge in [0.15, 0.2) is 0 Å². The SMILES string of the molecule is CC(NC(=O)c1ccc(S(=O)(=O)N2CCOCC2)cc1)c1ccc(NC(=O)C2CC2)cc1. The lowest BCUT2D eigenvalue weighted by atomic mass is 10.1. The fourth-order valence-electron chi connectivity index (χ4n) is 3.52. The Morgan fingerprint density at radius 2 is 1.62 bits per heavy atom. The van der Waals surface area contributed by atoms with E-state index >= 15 is 0 Å². The van der Waals surface area contributed by atoms with Crippen LogP contribution in [0.15, 0.2) is 53.4 Å². The van der Waals surface area contributed by atoms with E-state index in [1.54, 1.807) is 0 Å². The van der Waals surface area contributed by atoms with Gasteiger partial charge in [-0.05, 0) is 61.7 Å². The minimum Gasteiger partial charge on any atom is -0.379 e. The number of sulfonamides is 1. The van der Waals surface area contributed by atoms with Crippen molar-refractivity contribution in [3.05, 3.63) is 59.7 Å². The van der Waals surface area contributed by atoms with Gasteiger partial charge in [0, 0.05) is 30.3 Å². The molecule has 8 nitrogen and oxygen atoms in total. The minimum atomic E-state index is -3.59. The number of morpholine rings is 1. The summed E-state index contributed by atoms with van der Waals surface area (Å²) in [5, 5.41) is 5.81. The molecule has 2 N–H and O–H groups in total. The van der Waals surface area contributed by atoms with Gasteiger partial charge >= 0.3 is 0 Å². The lowest BCUT2D eigenvalue weighted by Crippen LogP contribution is -2.40. The van der Waals surface area contributed by atoms with Crippen LogP contribution in [-0.2, 0) is 19.6 Å². The zero-order chi connectivity index (χ0) is 22.7. The van der Waals surface area contributed by atoms with Gasteiger partial charge in [0.2, 0.25) is 15.9 Å². The molecule has 9 heteroatoms. The van der Waals surface area contributed by atoms with E-state index < -0.39 is 10.0 Å². The van der Waals surface area contributed by atoms with Crippen LogP contribution in [0.5, 0.6) is 0 Å². The number of rotatable bonds is 7. The molecule has 0 bridgehead atoms. The first-order chi connectivity index (χ1) is 15.3. The Labute approximate surface area is 188 Å². The fourth-order valence-corrected chi connectivity index (χ4v) is 4.93. The van der Waals surface area contributed by atoms with Crippen molar-refractivity contribution in [2.24, 2.45) is 5.92 Å². The maximum Gasteiger partial charge on any atom is 0.251 e. The average molecular weight is 458 g/mol. The Morgan fingerprint density at radius 3 is 2.22 bits per heavy atom. The van der Waals surface area contributed by atoms with Gasteiger partial charge in [-0.2, -0.15) is 4.31 Å². The van der Waals surface area contributed by atoms with Gasteiger partial charge in [-0.1, -0.05) is 12.1 Å².